The maximum atomic E-state index is 12.6. The summed E-state index contributed by atoms with van der Waals surface area (Å²) >= 11 is 0. The van der Waals surface area contributed by atoms with Gasteiger partial charge in [-0.3, -0.25) is 4.79 Å². The summed E-state index contributed by atoms with van der Waals surface area (Å²) in [6.45, 7) is 1.67. The minimum atomic E-state index is -0.188. The van der Waals surface area contributed by atoms with Crippen LogP contribution in [0.4, 0.5) is 10.5 Å². The number of nitrogens with zero attached hydrogens (tertiary/aromatic N) is 2. The molecule has 0 bridgehead atoms. The fourth-order valence-electron chi connectivity index (χ4n) is 3.27. The van der Waals surface area contributed by atoms with Crippen LogP contribution < -0.4 is 10.1 Å². The molecular formula is C22H27N3O3. The molecule has 2 aromatic rings. The van der Waals surface area contributed by atoms with Crippen LogP contribution in [0.25, 0.3) is 0 Å². The van der Waals surface area contributed by atoms with E-state index >= 15 is 0 Å². The second-order valence-electron chi connectivity index (χ2n) is 7.25. The Kier molecular flexibility index (Phi) is 6.53. The molecular weight excluding hydrogens is 354 g/mol. The molecule has 6 nitrogen and oxygen atoms in total. The molecule has 3 amide bonds. The average Bonchev–Trinajstić information content (AvgIpc) is 2.73. The van der Waals surface area contributed by atoms with E-state index in [-0.39, 0.29) is 17.9 Å². The van der Waals surface area contributed by atoms with Gasteiger partial charge in [0, 0.05) is 32.9 Å². The second-order valence-corrected chi connectivity index (χ2v) is 7.25. The molecule has 1 N–H and O–H groups in total. The number of amides is 3. The molecule has 28 heavy (non-hydrogen) atoms. The monoisotopic (exact) mass is 381 g/mol. The summed E-state index contributed by atoms with van der Waals surface area (Å²) in [5.74, 6) is 0.517. The van der Waals surface area contributed by atoms with Gasteiger partial charge < -0.3 is 19.9 Å². The van der Waals surface area contributed by atoms with Crippen LogP contribution in [0.5, 0.6) is 5.75 Å². The van der Waals surface area contributed by atoms with E-state index in [9.17, 15) is 9.59 Å². The Bertz CT molecular complexity index is 790. The highest BCUT2D eigenvalue weighted by Crippen LogP contribution is 2.21. The fraction of sp³-hybridized carbons (Fsp3) is 0.364. The molecule has 6 heteroatoms. The van der Waals surface area contributed by atoms with Crippen molar-refractivity contribution in [2.45, 2.75) is 19.4 Å². The van der Waals surface area contributed by atoms with Crippen molar-refractivity contribution >= 4 is 17.6 Å². The van der Waals surface area contributed by atoms with E-state index in [1.807, 2.05) is 54.6 Å². The summed E-state index contributed by atoms with van der Waals surface area (Å²) in [7, 11) is 3.46. The lowest BCUT2D eigenvalue weighted by atomic mass is 9.97. The molecule has 1 atom stereocenters. The van der Waals surface area contributed by atoms with Crippen LogP contribution in [-0.4, -0.2) is 48.9 Å². The van der Waals surface area contributed by atoms with Crippen LogP contribution in [0.2, 0.25) is 0 Å². The fourth-order valence-corrected chi connectivity index (χ4v) is 3.27. The molecule has 0 unspecified atom stereocenters. The van der Waals surface area contributed by atoms with Crippen LogP contribution in [-0.2, 0) is 11.4 Å². The van der Waals surface area contributed by atoms with Crippen molar-refractivity contribution in [3.05, 3.63) is 60.2 Å². The molecule has 0 saturated carbocycles. The van der Waals surface area contributed by atoms with Crippen molar-refractivity contribution < 1.29 is 14.3 Å². The van der Waals surface area contributed by atoms with Crippen LogP contribution in [0.3, 0.4) is 0 Å². The van der Waals surface area contributed by atoms with Gasteiger partial charge in [-0.25, -0.2) is 4.79 Å². The van der Waals surface area contributed by atoms with E-state index in [4.69, 9.17) is 4.74 Å². The third kappa shape index (κ3) is 5.25. The van der Waals surface area contributed by atoms with Crippen LogP contribution in [0.15, 0.2) is 54.6 Å². The average molecular weight is 381 g/mol. The van der Waals surface area contributed by atoms with E-state index in [1.54, 1.807) is 23.9 Å². The third-order valence-corrected chi connectivity index (χ3v) is 4.82. The zero-order chi connectivity index (χ0) is 19.9. The number of carbonyl (C=O) groups excluding carboxylic acids is 2. The number of nitrogens with one attached hydrogen (secondary N) is 1. The lowest BCUT2D eigenvalue weighted by Gasteiger charge is -2.33. The number of anilines is 1. The van der Waals surface area contributed by atoms with E-state index in [2.05, 4.69) is 5.32 Å². The van der Waals surface area contributed by atoms with Gasteiger partial charge in [-0.05, 0) is 42.7 Å². The molecule has 0 radical (unpaired) electrons. The summed E-state index contributed by atoms with van der Waals surface area (Å²) in [5.41, 5.74) is 1.84. The maximum Gasteiger partial charge on any atom is 0.319 e. The summed E-state index contributed by atoms with van der Waals surface area (Å²) < 4.78 is 5.77. The molecule has 3 rings (SSSR count). The van der Waals surface area contributed by atoms with E-state index < -0.39 is 0 Å². The van der Waals surface area contributed by atoms with Crippen molar-refractivity contribution in [1.29, 1.82) is 0 Å². The minimum absolute atomic E-state index is 0.0441. The zero-order valence-corrected chi connectivity index (χ0v) is 16.4. The number of piperidine rings is 1. The predicted octanol–water partition coefficient (Wildman–Crippen LogP) is 3.60. The maximum absolute atomic E-state index is 12.6. The largest absolute Gasteiger partial charge is 0.489 e. The van der Waals surface area contributed by atoms with Gasteiger partial charge >= 0.3 is 6.03 Å². The van der Waals surface area contributed by atoms with Gasteiger partial charge in [0.1, 0.15) is 12.4 Å². The number of urea groups is 1. The van der Waals surface area contributed by atoms with Gasteiger partial charge in [-0.15, -0.1) is 0 Å². The van der Waals surface area contributed by atoms with Gasteiger partial charge in [0.05, 0.1) is 5.92 Å². The SMILES string of the molecule is CN(C)C(=O)N1CCC[C@H](C(=O)Nc2ccc(OCc3ccccc3)cc2)C1. The first-order valence-electron chi connectivity index (χ1n) is 9.57. The van der Waals surface area contributed by atoms with Crippen molar-refractivity contribution in [2.24, 2.45) is 5.92 Å². The van der Waals surface area contributed by atoms with Crippen molar-refractivity contribution in [2.75, 3.05) is 32.5 Å². The smallest absolute Gasteiger partial charge is 0.319 e. The normalized spacial score (nSPS) is 16.4. The summed E-state index contributed by atoms with van der Waals surface area (Å²) in [6, 6.07) is 17.3. The topological polar surface area (TPSA) is 61.9 Å². The molecule has 1 heterocycles. The highest BCUT2D eigenvalue weighted by molar-refractivity contribution is 5.93. The lowest BCUT2D eigenvalue weighted by Crippen LogP contribution is -2.47. The Labute approximate surface area is 166 Å². The molecule has 2 aromatic carbocycles. The highest BCUT2D eigenvalue weighted by atomic mass is 16.5. The van der Waals surface area contributed by atoms with Crippen LogP contribution >= 0.6 is 0 Å². The molecule has 0 aromatic heterocycles. The first kappa shape index (κ1) is 19.7. The summed E-state index contributed by atoms with van der Waals surface area (Å²) in [4.78, 5) is 28.0. The molecule has 1 saturated heterocycles. The predicted molar refractivity (Wildman–Crippen MR) is 109 cm³/mol. The van der Waals surface area contributed by atoms with Crippen molar-refractivity contribution in [3.63, 3.8) is 0 Å². The number of hydrogen-bond donors (Lipinski definition) is 1. The van der Waals surface area contributed by atoms with Gasteiger partial charge in [-0.1, -0.05) is 30.3 Å². The Hall–Kier alpha value is -3.02. The standard InChI is InChI=1S/C22H27N3O3/c1-24(2)22(27)25-14-6-9-18(15-25)21(26)23-19-10-12-20(13-11-19)28-16-17-7-4-3-5-8-17/h3-5,7-8,10-13,18H,6,9,14-16H2,1-2H3,(H,23,26)/t18-/m0/s1. The Balaban J connectivity index is 1.52. The Morgan fingerprint density at radius 1 is 1.11 bits per heavy atom. The van der Waals surface area contributed by atoms with E-state index in [0.29, 0.717) is 19.7 Å². The molecule has 1 aliphatic rings. The Morgan fingerprint density at radius 2 is 1.82 bits per heavy atom. The summed E-state index contributed by atoms with van der Waals surface area (Å²) in [5, 5.41) is 2.96. The highest BCUT2D eigenvalue weighted by Gasteiger charge is 2.29. The second kappa shape index (κ2) is 9.26. The third-order valence-electron chi connectivity index (χ3n) is 4.82. The van der Waals surface area contributed by atoms with Gasteiger partial charge in [0.15, 0.2) is 0 Å². The van der Waals surface area contributed by atoms with Gasteiger partial charge in [-0.2, -0.15) is 0 Å². The van der Waals surface area contributed by atoms with Crippen LogP contribution in [0, 0.1) is 5.92 Å². The molecule has 1 aliphatic heterocycles. The number of hydrogen-bond acceptors (Lipinski definition) is 3. The first-order chi connectivity index (χ1) is 13.5. The van der Waals surface area contributed by atoms with Crippen molar-refractivity contribution in [1.82, 2.24) is 9.80 Å². The van der Waals surface area contributed by atoms with Gasteiger partial charge in [0.2, 0.25) is 5.91 Å². The molecule has 148 valence electrons. The zero-order valence-electron chi connectivity index (χ0n) is 16.4. The van der Waals surface area contributed by atoms with E-state index in [1.165, 1.54) is 0 Å². The van der Waals surface area contributed by atoms with Crippen LogP contribution in [0.1, 0.15) is 18.4 Å². The summed E-state index contributed by atoms with van der Waals surface area (Å²) in [6.07, 6.45) is 1.63. The number of rotatable bonds is 5. The number of likely N-dealkylation sites (tertiary alicyclic amines) is 1. The quantitative estimate of drug-likeness (QED) is 0.861. The minimum Gasteiger partial charge on any atom is -0.489 e. The van der Waals surface area contributed by atoms with E-state index in [0.717, 1.165) is 29.8 Å². The Morgan fingerprint density at radius 3 is 2.50 bits per heavy atom. The first-order valence-corrected chi connectivity index (χ1v) is 9.57. The van der Waals surface area contributed by atoms with Crippen molar-refractivity contribution in [3.8, 4) is 5.75 Å². The molecule has 0 spiro atoms. The molecule has 0 aliphatic carbocycles. The number of carbonyl (C=O) groups is 2. The lowest BCUT2D eigenvalue weighted by molar-refractivity contribution is -0.121. The number of ether oxygens (including phenoxy) is 1. The number of benzene rings is 2. The molecule has 1 fully saturated rings. The van der Waals surface area contributed by atoms with Gasteiger partial charge in [0.25, 0.3) is 0 Å².